The van der Waals surface area contributed by atoms with Crippen molar-refractivity contribution in [1.29, 1.82) is 0 Å². The number of nitrogens with zero attached hydrogens (tertiary/aromatic N) is 3. The zero-order chi connectivity index (χ0) is 16.8. The molecule has 0 atom stereocenters. The lowest BCUT2D eigenvalue weighted by atomic mass is 9.96. The molecule has 1 aromatic rings. The smallest absolute Gasteiger partial charge is 0.191 e. The van der Waals surface area contributed by atoms with Gasteiger partial charge < -0.3 is 15.4 Å². The third-order valence-corrected chi connectivity index (χ3v) is 5.08. The molecule has 0 aliphatic carbocycles. The number of rotatable bonds is 4. The van der Waals surface area contributed by atoms with Gasteiger partial charge in [0.15, 0.2) is 5.96 Å². The highest BCUT2D eigenvalue weighted by Gasteiger charge is 2.20. The summed E-state index contributed by atoms with van der Waals surface area (Å²) in [5, 5.41) is 0. The first-order valence-electron chi connectivity index (χ1n) is 9.11. The van der Waals surface area contributed by atoms with Crippen LogP contribution in [0.3, 0.4) is 0 Å². The van der Waals surface area contributed by atoms with E-state index in [0.717, 1.165) is 52.5 Å². The summed E-state index contributed by atoms with van der Waals surface area (Å²) in [6, 6.07) is 8.89. The molecule has 5 heteroatoms. The lowest BCUT2D eigenvalue weighted by molar-refractivity contribution is 0.0673. The van der Waals surface area contributed by atoms with E-state index in [9.17, 15) is 0 Å². The molecule has 2 heterocycles. The summed E-state index contributed by atoms with van der Waals surface area (Å²) in [7, 11) is 0. The van der Waals surface area contributed by atoms with Gasteiger partial charge in [-0.1, -0.05) is 29.8 Å². The molecular formula is C19H30N4O. The molecule has 2 N–H and O–H groups in total. The van der Waals surface area contributed by atoms with Gasteiger partial charge in [0, 0.05) is 26.2 Å². The number of morpholine rings is 1. The van der Waals surface area contributed by atoms with Crippen LogP contribution in [0.4, 0.5) is 0 Å². The molecule has 0 unspecified atom stereocenters. The van der Waals surface area contributed by atoms with Gasteiger partial charge in [0.1, 0.15) is 0 Å². The molecule has 0 bridgehead atoms. The largest absolute Gasteiger partial charge is 0.378 e. The van der Waals surface area contributed by atoms with Crippen molar-refractivity contribution in [3.8, 4) is 0 Å². The average Bonchev–Trinajstić information content (AvgIpc) is 2.63. The van der Waals surface area contributed by atoms with Crippen molar-refractivity contribution in [3.05, 3.63) is 35.4 Å². The van der Waals surface area contributed by atoms with Gasteiger partial charge in [0.25, 0.3) is 0 Å². The van der Waals surface area contributed by atoms with E-state index < -0.39 is 0 Å². The molecule has 0 amide bonds. The molecule has 1 aromatic carbocycles. The minimum atomic E-state index is 0.666. The minimum Gasteiger partial charge on any atom is -0.378 e. The topological polar surface area (TPSA) is 54.1 Å². The maximum absolute atomic E-state index is 6.12. The van der Waals surface area contributed by atoms with Crippen LogP contribution in [-0.2, 0) is 11.3 Å². The van der Waals surface area contributed by atoms with E-state index in [1.165, 1.54) is 24.0 Å². The fraction of sp³-hybridized carbons (Fsp3) is 0.632. The number of nitrogens with two attached hydrogens (primary N) is 1. The van der Waals surface area contributed by atoms with Crippen molar-refractivity contribution in [2.45, 2.75) is 26.3 Å². The summed E-state index contributed by atoms with van der Waals surface area (Å²) in [6.07, 6.45) is 2.43. The van der Waals surface area contributed by atoms with Crippen LogP contribution >= 0.6 is 0 Å². The van der Waals surface area contributed by atoms with E-state index in [1.54, 1.807) is 0 Å². The highest BCUT2D eigenvalue weighted by Crippen LogP contribution is 2.19. The molecule has 0 saturated carbocycles. The summed E-state index contributed by atoms with van der Waals surface area (Å²) in [5.74, 6) is 1.36. The normalized spacial score (nSPS) is 21.2. The van der Waals surface area contributed by atoms with Crippen LogP contribution < -0.4 is 5.73 Å². The predicted octanol–water partition coefficient (Wildman–Crippen LogP) is 1.85. The number of benzene rings is 1. The monoisotopic (exact) mass is 330 g/mol. The van der Waals surface area contributed by atoms with Crippen LogP contribution in [0, 0.1) is 12.8 Å². The number of likely N-dealkylation sites (tertiary alicyclic amines) is 1. The van der Waals surface area contributed by atoms with E-state index >= 15 is 0 Å². The number of guanidine groups is 1. The second-order valence-corrected chi connectivity index (χ2v) is 7.00. The summed E-state index contributed by atoms with van der Waals surface area (Å²) in [6.45, 7) is 9.62. The van der Waals surface area contributed by atoms with E-state index in [-0.39, 0.29) is 0 Å². The van der Waals surface area contributed by atoms with Crippen molar-refractivity contribution in [1.82, 2.24) is 9.80 Å². The Bertz CT molecular complexity index is 529. The van der Waals surface area contributed by atoms with Gasteiger partial charge in [0.2, 0.25) is 0 Å². The molecule has 0 spiro atoms. The van der Waals surface area contributed by atoms with Crippen molar-refractivity contribution in [2.24, 2.45) is 16.6 Å². The molecule has 132 valence electrons. The van der Waals surface area contributed by atoms with Crippen LogP contribution in [0.2, 0.25) is 0 Å². The van der Waals surface area contributed by atoms with Gasteiger partial charge in [-0.05, 0) is 44.3 Å². The van der Waals surface area contributed by atoms with Gasteiger partial charge in [-0.25, -0.2) is 0 Å². The van der Waals surface area contributed by atoms with Crippen LogP contribution in [0.15, 0.2) is 29.3 Å². The predicted molar refractivity (Wildman–Crippen MR) is 98.1 cm³/mol. The first-order valence-corrected chi connectivity index (χ1v) is 9.11. The molecule has 3 rings (SSSR count). The van der Waals surface area contributed by atoms with Crippen molar-refractivity contribution < 1.29 is 4.74 Å². The average molecular weight is 330 g/mol. The number of hydrogen-bond acceptors (Lipinski definition) is 3. The highest BCUT2D eigenvalue weighted by atomic mass is 16.5. The van der Waals surface area contributed by atoms with Gasteiger partial charge in [-0.2, -0.15) is 0 Å². The van der Waals surface area contributed by atoms with Crippen LogP contribution in [0.25, 0.3) is 0 Å². The lowest BCUT2D eigenvalue weighted by Crippen LogP contribution is -2.45. The van der Waals surface area contributed by atoms with E-state index in [2.05, 4.69) is 46.0 Å². The second kappa shape index (κ2) is 8.49. The van der Waals surface area contributed by atoms with Crippen LogP contribution in [-0.4, -0.2) is 61.7 Å². The first-order chi connectivity index (χ1) is 11.7. The molecule has 24 heavy (non-hydrogen) atoms. The summed E-state index contributed by atoms with van der Waals surface area (Å²) >= 11 is 0. The number of piperidine rings is 1. The Morgan fingerprint density at radius 2 is 1.79 bits per heavy atom. The number of ether oxygens (including phenoxy) is 1. The Kier molecular flexibility index (Phi) is 6.10. The fourth-order valence-electron chi connectivity index (χ4n) is 3.39. The molecule has 2 fully saturated rings. The minimum absolute atomic E-state index is 0.666. The maximum atomic E-state index is 6.12. The molecule has 5 nitrogen and oxygen atoms in total. The molecule has 0 aromatic heterocycles. The van der Waals surface area contributed by atoms with Crippen LogP contribution in [0.5, 0.6) is 0 Å². The third kappa shape index (κ3) is 4.95. The van der Waals surface area contributed by atoms with Gasteiger partial charge in [0.05, 0.1) is 13.2 Å². The molecule has 2 aliphatic rings. The van der Waals surface area contributed by atoms with Crippen molar-refractivity contribution >= 4 is 5.96 Å². The summed E-state index contributed by atoms with van der Waals surface area (Å²) in [4.78, 5) is 9.32. The zero-order valence-electron chi connectivity index (χ0n) is 14.8. The summed E-state index contributed by atoms with van der Waals surface area (Å²) in [5.41, 5.74) is 8.85. The lowest BCUT2D eigenvalue weighted by Gasteiger charge is -2.32. The van der Waals surface area contributed by atoms with Gasteiger partial charge in [-0.3, -0.25) is 9.89 Å². The molecular weight excluding hydrogens is 300 g/mol. The number of aryl methyl sites for hydroxylation is 1. The van der Waals surface area contributed by atoms with Crippen LogP contribution in [0.1, 0.15) is 24.0 Å². The second-order valence-electron chi connectivity index (χ2n) is 7.00. The third-order valence-electron chi connectivity index (χ3n) is 5.08. The van der Waals surface area contributed by atoms with E-state index in [1.807, 2.05) is 0 Å². The highest BCUT2D eigenvalue weighted by molar-refractivity contribution is 5.78. The standard InChI is InChI=1S/C19H30N4O/c1-16-2-4-18(5-3-16)15-22-8-6-17(7-9-22)14-21-19(20)23-10-12-24-13-11-23/h2-5,17H,6-15H2,1H3,(H2,20,21). The number of hydrogen-bond donors (Lipinski definition) is 1. The SMILES string of the molecule is Cc1ccc(CN2CCC(CN=C(N)N3CCOCC3)CC2)cc1. The van der Waals surface area contributed by atoms with E-state index in [0.29, 0.717) is 11.9 Å². The quantitative estimate of drug-likeness (QED) is 0.676. The van der Waals surface area contributed by atoms with Crippen molar-refractivity contribution in [3.63, 3.8) is 0 Å². The fourth-order valence-corrected chi connectivity index (χ4v) is 3.39. The Morgan fingerprint density at radius 1 is 1.12 bits per heavy atom. The maximum Gasteiger partial charge on any atom is 0.191 e. The number of aliphatic imine (C=N–C) groups is 1. The van der Waals surface area contributed by atoms with Gasteiger partial charge >= 0.3 is 0 Å². The van der Waals surface area contributed by atoms with Gasteiger partial charge in [-0.15, -0.1) is 0 Å². The summed E-state index contributed by atoms with van der Waals surface area (Å²) < 4.78 is 5.35. The first kappa shape index (κ1) is 17.2. The Hall–Kier alpha value is -1.59. The Balaban J connectivity index is 1.40. The molecule has 2 saturated heterocycles. The molecule has 2 aliphatic heterocycles. The Morgan fingerprint density at radius 3 is 2.46 bits per heavy atom. The molecule has 0 radical (unpaired) electrons. The Labute approximate surface area is 145 Å². The van der Waals surface area contributed by atoms with E-state index in [4.69, 9.17) is 10.5 Å². The van der Waals surface area contributed by atoms with Crippen molar-refractivity contribution in [2.75, 3.05) is 45.9 Å². The zero-order valence-corrected chi connectivity index (χ0v) is 14.8.